The molecule has 198 valence electrons. The maximum absolute atomic E-state index is 13.9. The normalized spacial score (nSPS) is 14.0. The van der Waals surface area contributed by atoms with Crippen LogP contribution < -0.4 is 10.6 Å². The first kappa shape index (κ1) is 30.8. The molecule has 0 aromatic heterocycles. The number of hydrogen-bond donors (Lipinski definition) is 3. The van der Waals surface area contributed by atoms with Crippen molar-refractivity contribution in [2.45, 2.75) is 105 Å². The summed E-state index contributed by atoms with van der Waals surface area (Å²) in [6, 6.07) is 3.77. The van der Waals surface area contributed by atoms with Gasteiger partial charge in [0.05, 0.1) is 0 Å². The molecule has 0 fully saturated rings. The topological polar surface area (TPSA) is 87.7 Å². The van der Waals surface area contributed by atoms with Crippen molar-refractivity contribution in [2.24, 2.45) is 0 Å². The van der Waals surface area contributed by atoms with Crippen molar-refractivity contribution in [3.8, 4) is 0 Å². The van der Waals surface area contributed by atoms with Crippen LogP contribution >= 0.6 is 12.6 Å². The summed E-state index contributed by atoms with van der Waals surface area (Å²) in [5, 5.41) is 5.70. The molecule has 0 aliphatic heterocycles. The molecule has 0 aliphatic carbocycles. The molecular formula is C27H45N3O4S. The van der Waals surface area contributed by atoms with Crippen molar-refractivity contribution in [1.82, 2.24) is 15.5 Å². The zero-order valence-corrected chi connectivity index (χ0v) is 23.6. The Morgan fingerprint density at radius 2 is 1.77 bits per heavy atom. The van der Waals surface area contributed by atoms with Crippen LogP contribution in [0.5, 0.6) is 0 Å². The number of aryl methyl sites for hydroxylation is 1. The Morgan fingerprint density at radius 3 is 2.31 bits per heavy atom. The molecule has 2 N–H and O–H groups in total. The second kappa shape index (κ2) is 14.4. The van der Waals surface area contributed by atoms with E-state index in [0.717, 1.165) is 36.0 Å². The van der Waals surface area contributed by atoms with Crippen molar-refractivity contribution < 1.29 is 19.1 Å². The number of benzene rings is 1. The lowest BCUT2D eigenvalue weighted by atomic mass is 9.93. The van der Waals surface area contributed by atoms with E-state index >= 15 is 0 Å². The van der Waals surface area contributed by atoms with Gasteiger partial charge in [-0.15, -0.1) is 0 Å². The van der Waals surface area contributed by atoms with Gasteiger partial charge in [-0.2, -0.15) is 12.6 Å². The van der Waals surface area contributed by atoms with Crippen LogP contribution in [0, 0.1) is 13.8 Å². The maximum Gasteiger partial charge on any atom is 0.408 e. The van der Waals surface area contributed by atoms with Gasteiger partial charge in [0.1, 0.15) is 17.7 Å². The lowest BCUT2D eigenvalue weighted by Gasteiger charge is -2.38. The van der Waals surface area contributed by atoms with Gasteiger partial charge >= 0.3 is 6.09 Å². The highest BCUT2D eigenvalue weighted by Crippen LogP contribution is 2.30. The fraction of sp³-hybridized carbons (Fsp3) is 0.667. The molecule has 35 heavy (non-hydrogen) atoms. The molecular weight excluding hydrogens is 462 g/mol. The predicted octanol–water partition coefficient (Wildman–Crippen LogP) is 5.10. The van der Waals surface area contributed by atoms with Gasteiger partial charge in [0.25, 0.3) is 0 Å². The van der Waals surface area contributed by atoms with Crippen molar-refractivity contribution in [3.05, 3.63) is 34.9 Å². The van der Waals surface area contributed by atoms with Crippen LogP contribution in [0.4, 0.5) is 4.79 Å². The van der Waals surface area contributed by atoms with Crippen molar-refractivity contribution in [1.29, 1.82) is 0 Å². The Kier molecular flexibility index (Phi) is 12.6. The molecule has 0 saturated carbocycles. The van der Waals surface area contributed by atoms with Gasteiger partial charge in [-0.1, -0.05) is 44.9 Å². The monoisotopic (exact) mass is 507 g/mol. The summed E-state index contributed by atoms with van der Waals surface area (Å²) in [7, 11) is 0. The number of ether oxygens (including phenoxy) is 1. The van der Waals surface area contributed by atoms with Crippen LogP contribution in [-0.4, -0.2) is 52.8 Å². The Hall–Kier alpha value is -2.22. The first-order valence-corrected chi connectivity index (χ1v) is 13.3. The highest BCUT2D eigenvalue weighted by Gasteiger charge is 2.38. The van der Waals surface area contributed by atoms with Crippen LogP contribution in [0.25, 0.3) is 0 Å². The number of nitrogens with one attached hydrogen (secondary N) is 2. The molecule has 0 radical (unpaired) electrons. The first-order valence-electron chi connectivity index (χ1n) is 12.6. The minimum Gasteiger partial charge on any atom is -0.444 e. The lowest BCUT2D eigenvalue weighted by Crippen LogP contribution is -2.56. The molecule has 3 atom stereocenters. The first-order chi connectivity index (χ1) is 16.4. The number of alkyl carbamates (subject to hydrolysis) is 1. The van der Waals surface area contributed by atoms with Gasteiger partial charge in [0.2, 0.25) is 11.8 Å². The molecule has 3 unspecified atom stereocenters. The van der Waals surface area contributed by atoms with Crippen molar-refractivity contribution >= 4 is 30.5 Å². The maximum atomic E-state index is 13.9. The predicted molar refractivity (Wildman–Crippen MR) is 145 cm³/mol. The summed E-state index contributed by atoms with van der Waals surface area (Å²) in [4.78, 5) is 41.6. The fourth-order valence-electron chi connectivity index (χ4n) is 3.78. The zero-order valence-electron chi connectivity index (χ0n) is 22.7. The molecule has 0 spiro atoms. The Bertz CT molecular complexity index is 853. The molecule has 1 rings (SSSR count). The third kappa shape index (κ3) is 9.39. The summed E-state index contributed by atoms with van der Waals surface area (Å²) in [6.07, 6.45) is 2.89. The molecule has 0 saturated heterocycles. The highest BCUT2D eigenvalue weighted by atomic mass is 32.1. The van der Waals surface area contributed by atoms with E-state index in [9.17, 15) is 14.4 Å². The van der Waals surface area contributed by atoms with Crippen LogP contribution in [0.15, 0.2) is 18.2 Å². The largest absolute Gasteiger partial charge is 0.444 e. The van der Waals surface area contributed by atoms with Gasteiger partial charge in [0.15, 0.2) is 0 Å². The van der Waals surface area contributed by atoms with E-state index in [2.05, 4.69) is 30.2 Å². The summed E-state index contributed by atoms with van der Waals surface area (Å²) in [6.45, 7) is 15.8. The van der Waals surface area contributed by atoms with Gasteiger partial charge in [-0.05, 0) is 71.1 Å². The Balaban J connectivity index is 3.44. The van der Waals surface area contributed by atoms with Crippen LogP contribution in [0.2, 0.25) is 0 Å². The minimum absolute atomic E-state index is 0.0721. The Labute approximate surface area is 217 Å². The average molecular weight is 508 g/mol. The number of nitrogens with zero attached hydrogens (tertiary/aromatic N) is 1. The van der Waals surface area contributed by atoms with E-state index < -0.39 is 23.8 Å². The van der Waals surface area contributed by atoms with Crippen LogP contribution in [-0.2, 0) is 14.3 Å². The molecule has 1 aromatic carbocycles. The minimum atomic E-state index is -0.942. The van der Waals surface area contributed by atoms with Crippen LogP contribution in [0.1, 0.15) is 90.0 Å². The van der Waals surface area contributed by atoms with Gasteiger partial charge in [-0.25, -0.2) is 4.79 Å². The quantitative estimate of drug-likeness (QED) is 0.271. The molecule has 0 aliphatic rings. The second-order valence-electron chi connectivity index (χ2n) is 10.1. The van der Waals surface area contributed by atoms with Crippen LogP contribution in [0.3, 0.4) is 0 Å². The second-order valence-corrected chi connectivity index (χ2v) is 10.4. The number of carbonyl (C=O) groups is 3. The molecule has 0 bridgehead atoms. The number of amides is 3. The smallest absolute Gasteiger partial charge is 0.408 e. The van der Waals surface area contributed by atoms with Gasteiger partial charge in [-0.3, -0.25) is 9.59 Å². The molecule has 1 aromatic rings. The van der Waals surface area contributed by atoms with Gasteiger partial charge < -0.3 is 20.3 Å². The van der Waals surface area contributed by atoms with E-state index in [1.54, 1.807) is 25.7 Å². The van der Waals surface area contributed by atoms with E-state index in [1.807, 2.05) is 45.9 Å². The number of unbranched alkanes of at least 4 members (excludes halogenated alkanes) is 2. The van der Waals surface area contributed by atoms with Gasteiger partial charge in [0, 0.05) is 18.3 Å². The van der Waals surface area contributed by atoms with E-state index in [-0.39, 0.29) is 23.6 Å². The average Bonchev–Trinajstić information content (AvgIpc) is 2.78. The van der Waals surface area contributed by atoms with E-state index in [1.165, 1.54) is 0 Å². The van der Waals surface area contributed by atoms with Crippen molar-refractivity contribution in [3.63, 3.8) is 0 Å². The van der Waals surface area contributed by atoms with Crippen molar-refractivity contribution in [2.75, 3.05) is 12.3 Å². The highest BCUT2D eigenvalue weighted by molar-refractivity contribution is 7.80. The molecule has 3 amide bonds. The number of hydrogen-bond acceptors (Lipinski definition) is 5. The summed E-state index contributed by atoms with van der Waals surface area (Å²) < 4.78 is 5.36. The zero-order chi connectivity index (χ0) is 26.8. The number of rotatable bonds is 12. The summed E-state index contributed by atoms with van der Waals surface area (Å²) in [5.74, 6) is -0.517. The SMILES string of the molecule is CCCCCNC(=O)C(c1cccc(C)c1C)N(C(=O)C(CS)NC(=O)OC(C)(C)C)C(C)CC. The Morgan fingerprint density at radius 1 is 1.11 bits per heavy atom. The standard InChI is InChI=1S/C27H45N3O4S/c1-9-11-12-16-28-24(31)23(21-15-13-14-18(3)20(21)5)30(19(4)10-2)25(32)22(17-35)29-26(33)34-27(6,7)8/h13-15,19,22-23,35H,9-12,16-17H2,1-8H3,(H,28,31)(H,29,33). The molecule has 0 heterocycles. The third-order valence-electron chi connectivity index (χ3n) is 6.04. The fourth-order valence-corrected chi connectivity index (χ4v) is 4.03. The third-order valence-corrected chi connectivity index (χ3v) is 6.40. The molecule has 7 nitrogen and oxygen atoms in total. The van der Waals surface area contributed by atoms with E-state index in [0.29, 0.717) is 13.0 Å². The number of thiol groups is 1. The summed E-state index contributed by atoms with van der Waals surface area (Å²) >= 11 is 4.34. The van der Waals surface area contributed by atoms with E-state index in [4.69, 9.17) is 4.74 Å². The summed E-state index contributed by atoms with van der Waals surface area (Å²) in [5.41, 5.74) is 2.08. The number of carbonyl (C=O) groups excluding carboxylic acids is 3. The molecule has 8 heteroatoms. The lowest BCUT2D eigenvalue weighted by molar-refractivity contribution is -0.144.